The highest BCUT2D eigenvalue weighted by Gasteiger charge is 2.63. The van der Waals surface area contributed by atoms with Crippen LogP contribution >= 0.6 is 0 Å². The Kier molecular flexibility index (Phi) is 1.47. The summed E-state index contributed by atoms with van der Waals surface area (Å²) < 4.78 is 0. The minimum atomic E-state index is -0.744. The van der Waals surface area contributed by atoms with Crippen molar-refractivity contribution in [2.45, 2.75) is 25.8 Å². The number of carboxylic acid groups (broad SMARTS) is 1. The molecule has 0 bridgehead atoms. The van der Waals surface area contributed by atoms with E-state index in [4.69, 9.17) is 5.11 Å². The number of aliphatic carboxylic acids is 1. The zero-order chi connectivity index (χ0) is 7.94. The Morgan fingerprint density at radius 2 is 2.30 bits per heavy atom. The van der Waals surface area contributed by atoms with Crippen LogP contribution in [-0.4, -0.2) is 16.6 Å². The highest BCUT2D eigenvalue weighted by Crippen LogP contribution is 2.44. The summed E-state index contributed by atoms with van der Waals surface area (Å²) in [5.74, 6) is 0.00444. The molecule has 0 saturated heterocycles. The van der Waals surface area contributed by atoms with Gasteiger partial charge in [-0.2, -0.15) is 0 Å². The van der Waals surface area contributed by atoms with Crippen molar-refractivity contribution < 1.29 is 15.6 Å². The largest absolute Gasteiger partial charge is 0.477 e. The molecule has 0 aromatic heterocycles. The predicted octanol–water partition coefficient (Wildman–Crippen LogP) is -0.272. The van der Waals surface area contributed by atoms with Crippen molar-refractivity contribution in [2.75, 3.05) is 0 Å². The molecule has 0 spiro atoms. The molecule has 0 amide bonds. The maximum Gasteiger partial charge on any atom is 0.365 e. The second-order valence-electron chi connectivity index (χ2n) is 3.52. The summed E-state index contributed by atoms with van der Waals surface area (Å²) in [5, 5.41) is 8.67. The summed E-state index contributed by atoms with van der Waals surface area (Å²) >= 11 is 0. The first-order valence-electron chi connectivity index (χ1n) is 3.57. The van der Waals surface area contributed by atoms with Gasteiger partial charge < -0.3 is 10.8 Å². The SMILES string of the molecule is CC(C)[C@H]1C[C@@]1([NH3+])C(=O)O. The maximum absolute atomic E-state index is 10.5. The van der Waals surface area contributed by atoms with Crippen LogP contribution in [0.15, 0.2) is 0 Å². The average Bonchev–Trinajstić information content (AvgIpc) is 2.43. The van der Waals surface area contributed by atoms with Gasteiger partial charge in [-0.25, -0.2) is 4.79 Å². The monoisotopic (exact) mass is 144 g/mol. The van der Waals surface area contributed by atoms with Crippen molar-refractivity contribution in [3.05, 3.63) is 0 Å². The standard InChI is InChI=1S/C7H13NO2/c1-4(2)5-3-7(5,8)6(9)10/h4-5H,3,8H2,1-2H3,(H,9,10)/p+1/t5-,7+/m1/s1. The van der Waals surface area contributed by atoms with Gasteiger partial charge in [0.25, 0.3) is 0 Å². The van der Waals surface area contributed by atoms with Crippen LogP contribution < -0.4 is 5.73 Å². The van der Waals surface area contributed by atoms with E-state index in [-0.39, 0.29) is 0 Å². The molecule has 1 aliphatic rings. The number of rotatable bonds is 2. The summed E-state index contributed by atoms with van der Waals surface area (Å²) in [5.41, 5.74) is 3.04. The summed E-state index contributed by atoms with van der Waals surface area (Å²) in [6.07, 6.45) is 0.750. The summed E-state index contributed by atoms with van der Waals surface area (Å²) in [7, 11) is 0. The molecule has 0 heterocycles. The average molecular weight is 144 g/mol. The Labute approximate surface area is 60.2 Å². The molecule has 1 saturated carbocycles. The number of hydrogen-bond acceptors (Lipinski definition) is 1. The van der Waals surface area contributed by atoms with Gasteiger partial charge in [0.2, 0.25) is 0 Å². The van der Waals surface area contributed by atoms with Crippen molar-refractivity contribution >= 4 is 5.97 Å². The van der Waals surface area contributed by atoms with E-state index in [0.717, 1.165) is 6.42 Å². The molecule has 1 aliphatic carbocycles. The van der Waals surface area contributed by atoms with Crippen LogP contribution in [0, 0.1) is 11.8 Å². The van der Waals surface area contributed by atoms with E-state index in [0.29, 0.717) is 11.8 Å². The second kappa shape index (κ2) is 1.95. The van der Waals surface area contributed by atoms with E-state index in [1.165, 1.54) is 0 Å². The second-order valence-corrected chi connectivity index (χ2v) is 3.52. The van der Waals surface area contributed by atoms with Crippen molar-refractivity contribution in [3.8, 4) is 0 Å². The van der Waals surface area contributed by atoms with E-state index < -0.39 is 11.5 Å². The molecule has 0 unspecified atom stereocenters. The van der Waals surface area contributed by atoms with Crippen LogP contribution in [0.2, 0.25) is 0 Å². The molecule has 0 aliphatic heterocycles. The Balaban J connectivity index is 2.56. The van der Waals surface area contributed by atoms with Crippen LogP contribution in [0.25, 0.3) is 0 Å². The van der Waals surface area contributed by atoms with Gasteiger partial charge in [0.15, 0.2) is 5.54 Å². The summed E-state index contributed by atoms with van der Waals surface area (Å²) in [6, 6.07) is 0. The van der Waals surface area contributed by atoms with Crippen LogP contribution in [0.5, 0.6) is 0 Å². The van der Waals surface area contributed by atoms with Crippen molar-refractivity contribution in [3.63, 3.8) is 0 Å². The van der Waals surface area contributed by atoms with Crippen molar-refractivity contribution in [1.82, 2.24) is 0 Å². The Hall–Kier alpha value is -0.570. The fourth-order valence-corrected chi connectivity index (χ4v) is 1.45. The zero-order valence-electron chi connectivity index (χ0n) is 6.42. The topological polar surface area (TPSA) is 64.9 Å². The first kappa shape index (κ1) is 7.54. The minimum absolute atomic E-state index is 0.296. The van der Waals surface area contributed by atoms with Gasteiger partial charge in [-0.05, 0) is 5.92 Å². The smallest absolute Gasteiger partial charge is 0.365 e. The lowest BCUT2D eigenvalue weighted by atomic mass is 10.1. The molecular weight excluding hydrogens is 130 g/mol. The van der Waals surface area contributed by atoms with E-state index in [1.54, 1.807) is 0 Å². The van der Waals surface area contributed by atoms with Gasteiger partial charge in [0.1, 0.15) is 0 Å². The summed E-state index contributed by atoms with van der Waals surface area (Å²) in [4.78, 5) is 10.5. The van der Waals surface area contributed by atoms with Gasteiger partial charge in [0, 0.05) is 12.3 Å². The molecule has 3 nitrogen and oxygen atoms in total. The third-order valence-corrected chi connectivity index (χ3v) is 2.36. The Morgan fingerprint density at radius 3 is 2.40 bits per heavy atom. The molecule has 3 heteroatoms. The van der Waals surface area contributed by atoms with Crippen molar-refractivity contribution in [1.29, 1.82) is 0 Å². The van der Waals surface area contributed by atoms with Gasteiger partial charge in [0.05, 0.1) is 0 Å². The lowest BCUT2D eigenvalue weighted by molar-refractivity contribution is -0.430. The third kappa shape index (κ3) is 0.904. The molecule has 0 aromatic rings. The van der Waals surface area contributed by atoms with Crippen LogP contribution in [-0.2, 0) is 4.79 Å². The van der Waals surface area contributed by atoms with Gasteiger partial charge >= 0.3 is 5.97 Å². The quantitative estimate of drug-likeness (QED) is 0.560. The van der Waals surface area contributed by atoms with Crippen molar-refractivity contribution in [2.24, 2.45) is 11.8 Å². The Morgan fingerprint density at radius 1 is 1.80 bits per heavy atom. The molecule has 0 aromatic carbocycles. The lowest BCUT2D eigenvalue weighted by Gasteiger charge is -2.03. The van der Waals surface area contributed by atoms with Crippen LogP contribution in [0.4, 0.5) is 0 Å². The van der Waals surface area contributed by atoms with E-state index in [2.05, 4.69) is 5.73 Å². The molecule has 1 rings (SSSR count). The molecule has 10 heavy (non-hydrogen) atoms. The molecule has 4 N–H and O–H groups in total. The first-order chi connectivity index (χ1) is 4.48. The lowest BCUT2D eigenvalue weighted by Crippen LogP contribution is -2.69. The predicted molar refractivity (Wildman–Crippen MR) is 36.2 cm³/mol. The first-order valence-corrected chi connectivity index (χ1v) is 3.57. The van der Waals surface area contributed by atoms with Crippen LogP contribution in [0.3, 0.4) is 0 Å². The van der Waals surface area contributed by atoms with E-state index in [1.807, 2.05) is 13.8 Å². The van der Waals surface area contributed by atoms with E-state index >= 15 is 0 Å². The number of carbonyl (C=O) groups is 1. The van der Waals surface area contributed by atoms with Crippen LogP contribution in [0.1, 0.15) is 20.3 Å². The fourth-order valence-electron chi connectivity index (χ4n) is 1.45. The Bertz CT molecular complexity index is 167. The van der Waals surface area contributed by atoms with E-state index in [9.17, 15) is 4.79 Å². The maximum atomic E-state index is 10.5. The zero-order valence-corrected chi connectivity index (χ0v) is 6.42. The van der Waals surface area contributed by atoms with Gasteiger partial charge in [-0.15, -0.1) is 0 Å². The minimum Gasteiger partial charge on any atom is -0.477 e. The highest BCUT2D eigenvalue weighted by atomic mass is 16.4. The molecular formula is C7H14NO2+. The molecule has 2 atom stereocenters. The number of hydrogen-bond donors (Lipinski definition) is 2. The highest BCUT2D eigenvalue weighted by molar-refractivity contribution is 5.80. The molecule has 0 radical (unpaired) electrons. The molecule has 58 valence electrons. The third-order valence-electron chi connectivity index (χ3n) is 2.36. The normalized spacial score (nSPS) is 38.2. The molecule has 1 fully saturated rings. The van der Waals surface area contributed by atoms with Gasteiger partial charge in [-0.3, -0.25) is 0 Å². The summed E-state index contributed by atoms with van der Waals surface area (Å²) in [6.45, 7) is 4.08. The number of carboxylic acids is 1. The van der Waals surface area contributed by atoms with Gasteiger partial charge in [-0.1, -0.05) is 13.8 Å². The number of quaternary nitrogens is 1. The fraction of sp³-hybridized carbons (Fsp3) is 0.857.